The molecule has 1 aromatic carbocycles. The zero-order valence-electron chi connectivity index (χ0n) is 7.84. The molecule has 1 atom stereocenters. The Morgan fingerprint density at radius 2 is 2.00 bits per heavy atom. The zero-order valence-corrected chi connectivity index (χ0v) is 7.84. The van der Waals surface area contributed by atoms with E-state index < -0.39 is 16.7 Å². The number of hydrogen-bond donors (Lipinski definition) is 0. The molecule has 0 heterocycles. The molecule has 0 bridgehead atoms. The van der Waals surface area contributed by atoms with E-state index in [4.69, 9.17) is 0 Å². The van der Waals surface area contributed by atoms with Crippen LogP contribution in [-0.2, 0) is 0 Å². The molecule has 0 spiro atoms. The summed E-state index contributed by atoms with van der Waals surface area (Å²) in [7, 11) is 0. The predicted octanol–water partition coefficient (Wildman–Crippen LogP) is 1.92. The molecule has 4 nitrogen and oxygen atoms in total. The fourth-order valence-electron chi connectivity index (χ4n) is 1.23. The van der Waals surface area contributed by atoms with Gasteiger partial charge in [-0.15, -0.1) is 0 Å². The van der Waals surface area contributed by atoms with Crippen LogP contribution in [0.4, 0.5) is 0 Å². The van der Waals surface area contributed by atoms with Crippen LogP contribution in [0.2, 0.25) is 0 Å². The molecule has 0 saturated carbocycles. The maximum Gasteiger partial charge on any atom is 0.274 e. The lowest BCUT2D eigenvalue weighted by Crippen LogP contribution is -2.28. The molecule has 0 N–H and O–H groups in total. The van der Waals surface area contributed by atoms with Crippen LogP contribution in [0.3, 0.4) is 0 Å². The van der Waals surface area contributed by atoms with E-state index in [9.17, 15) is 14.9 Å². The third-order valence-corrected chi connectivity index (χ3v) is 2.00. The predicted molar refractivity (Wildman–Crippen MR) is 51.8 cm³/mol. The maximum atomic E-state index is 11.6. The summed E-state index contributed by atoms with van der Waals surface area (Å²) < 4.78 is 0. The van der Waals surface area contributed by atoms with E-state index in [2.05, 4.69) is 0 Å². The molecule has 1 unspecified atom stereocenters. The lowest BCUT2D eigenvalue weighted by atomic mass is 10.0. The lowest BCUT2D eigenvalue weighted by Gasteiger charge is -2.05. The molecule has 14 heavy (non-hydrogen) atoms. The minimum absolute atomic E-state index is 0.223. The summed E-state index contributed by atoms with van der Waals surface area (Å²) in [6.07, 6.45) is 0.223. The molecule has 0 saturated heterocycles. The number of ketones is 1. The largest absolute Gasteiger partial charge is 0.286 e. The van der Waals surface area contributed by atoms with E-state index in [0.717, 1.165) is 0 Å². The summed E-state index contributed by atoms with van der Waals surface area (Å²) >= 11 is 0. The van der Waals surface area contributed by atoms with Crippen molar-refractivity contribution in [1.82, 2.24) is 0 Å². The molecule has 4 heteroatoms. The fraction of sp³-hybridized carbons (Fsp3) is 0.300. The lowest BCUT2D eigenvalue weighted by molar-refractivity contribution is -0.505. The highest BCUT2D eigenvalue weighted by molar-refractivity contribution is 5.99. The van der Waals surface area contributed by atoms with E-state index in [1.807, 2.05) is 0 Å². The summed E-state index contributed by atoms with van der Waals surface area (Å²) in [6.45, 7) is 1.63. The van der Waals surface area contributed by atoms with Gasteiger partial charge in [0.2, 0.25) is 5.78 Å². The van der Waals surface area contributed by atoms with Crippen LogP contribution in [-0.4, -0.2) is 16.7 Å². The quantitative estimate of drug-likeness (QED) is 0.417. The summed E-state index contributed by atoms with van der Waals surface area (Å²) in [6, 6.07) is 7.23. The van der Waals surface area contributed by atoms with E-state index >= 15 is 0 Å². The van der Waals surface area contributed by atoms with Gasteiger partial charge in [0, 0.05) is 16.9 Å². The van der Waals surface area contributed by atoms with Crippen molar-refractivity contribution < 1.29 is 9.72 Å². The van der Waals surface area contributed by atoms with Gasteiger partial charge in [-0.05, 0) is 0 Å². The van der Waals surface area contributed by atoms with E-state index in [1.165, 1.54) is 0 Å². The van der Waals surface area contributed by atoms with Crippen molar-refractivity contribution in [2.75, 3.05) is 0 Å². The Bertz CT molecular complexity index is 334. The molecule has 74 valence electrons. The first-order valence-electron chi connectivity index (χ1n) is 4.39. The minimum atomic E-state index is -1.11. The third-order valence-electron chi connectivity index (χ3n) is 2.00. The topological polar surface area (TPSA) is 60.2 Å². The number of nitro groups is 1. The van der Waals surface area contributed by atoms with Gasteiger partial charge in [0.25, 0.3) is 6.04 Å². The summed E-state index contributed by atoms with van der Waals surface area (Å²) in [5.41, 5.74) is 0.399. The summed E-state index contributed by atoms with van der Waals surface area (Å²) in [5, 5.41) is 10.5. The number of Topliss-reactive ketones (excluding diaryl/α,β-unsaturated/α-hetero) is 1. The standard InChI is InChI=1S/C10H11NO3/c1-2-9(11(13)14)10(12)8-6-4-3-5-7-8/h3-7,9H,2H2,1H3. The Morgan fingerprint density at radius 3 is 2.43 bits per heavy atom. The number of carbonyl (C=O) groups is 1. The van der Waals surface area contributed by atoms with Gasteiger partial charge in [-0.3, -0.25) is 14.9 Å². The molecule has 1 aromatic rings. The Kier molecular flexibility index (Phi) is 3.34. The van der Waals surface area contributed by atoms with Crippen molar-refractivity contribution in [2.24, 2.45) is 0 Å². The second kappa shape index (κ2) is 4.50. The van der Waals surface area contributed by atoms with Crippen LogP contribution in [0.5, 0.6) is 0 Å². The molecule has 0 aliphatic rings. The Labute approximate surface area is 81.7 Å². The van der Waals surface area contributed by atoms with Crippen LogP contribution >= 0.6 is 0 Å². The van der Waals surface area contributed by atoms with Crippen molar-refractivity contribution >= 4 is 5.78 Å². The van der Waals surface area contributed by atoms with E-state index in [-0.39, 0.29) is 6.42 Å². The molecule has 1 rings (SSSR count). The molecule has 0 aliphatic heterocycles. The van der Waals surface area contributed by atoms with E-state index in [1.54, 1.807) is 37.3 Å². The van der Waals surface area contributed by atoms with Gasteiger partial charge in [0.05, 0.1) is 0 Å². The van der Waals surface area contributed by atoms with Gasteiger partial charge in [-0.2, -0.15) is 0 Å². The molecule has 0 aromatic heterocycles. The molecule has 0 fully saturated rings. The maximum absolute atomic E-state index is 11.6. The second-order valence-electron chi connectivity index (χ2n) is 2.94. The first kappa shape index (κ1) is 10.4. The average Bonchev–Trinajstić information content (AvgIpc) is 2.19. The Hall–Kier alpha value is -1.71. The number of hydrogen-bond acceptors (Lipinski definition) is 3. The Balaban J connectivity index is 2.89. The SMILES string of the molecule is CCC(C(=O)c1ccccc1)[N+](=O)[O-]. The normalized spacial score (nSPS) is 12.1. The molecule has 0 radical (unpaired) electrons. The number of benzene rings is 1. The molecule has 0 amide bonds. The van der Waals surface area contributed by atoms with Gasteiger partial charge < -0.3 is 0 Å². The number of carbonyl (C=O) groups excluding carboxylic acids is 1. The Morgan fingerprint density at radius 1 is 1.43 bits per heavy atom. The zero-order chi connectivity index (χ0) is 10.6. The fourth-order valence-corrected chi connectivity index (χ4v) is 1.23. The number of rotatable bonds is 4. The van der Waals surface area contributed by atoms with Gasteiger partial charge in [-0.1, -0.05) is 37.3 Å². The number of nitrogens with zero attached hydrogens (tertiary/aromatic N) is 1. The van der Waals surface area contributed by atoms with Crippen molar-refractivity contribution in [2.45, 2.75) is 19.4 Å². The van der Waals surface area contributed by atoms with Crippen LogP contribution in [0, 0.1) is 10.1 Å². The molecule has 0 aliphatic carbocycles. The molecular weight excluding hydrogens is 182 g/mol. The average molecular weight is 193 g/mol. The highest BCUT2D eigenvalue weighted by atomic mass is 16.6. The smallest absolute Gasteiger partial charge is 0.274 e. The van der Waals surface area contributed by atoms with E-state index in [0.29, 0.717) is 5.56 Å². The highest BCUT2D eigenvalue weighted by Crippen LogP contribution is 2.08. The van der Waals surface area contributed by atoms with Crippen molar-refractivity contribution in [3.63, 3.8) is 0 Å². The summed E-state index contributed by atoms with van der Waals surface area (Å²) in [5.74, 6) is -0.418. The van der Waals surface area contributed by atoms with Crippen LogP contribution in [0.15, 0.2) is 30.3 Å². The summed E-state index contributed by atoms with van der Waals surface area (Å²) in [4.78, 5) is 21.6. The van der Waals surface area contributed by atoms with Crippen molar-refractivity contribution in [3.8, 4) is 0 Å². The second-order valence-corrected chi connectivity index (χ2v) is 2.94. The van der Waals surface area contributed by atoms with Crippen molar-refractivity contribution in [1.29, 1.82) is 0 Å². The highest BCUT2D eigenvalue weighted by Gasteiger charge is 2.27. The first-order valence-corrected chi connectivity index (χ1v) is 4.39. The van der Waals surface area contributed by atoms with Crippen molar-refractivity contribution in [3.05, 3.63) is 46.0 Å². The monoisotopic (exact) mass is 193 g/mol. The van der Waals surface area contributed by atoms with Gasteiger partial charge in [0.15, 0.2) is 0 Å². The van der Waals surface area contributed by atoms with Crippen LogP contribution < -0.4 is 0 Å². The van der Waals surface area contributed by atoms with Gasteiger partial charge in [-0.25, -0.2) is 0 Å². The minimum Gasteiger partial charge on any atom is -0.286 e. The third kappa shape index (κ3) is 2.16. The molecular formula is C10H11NO3. The van der Waals surface area contributed by atoms with Crippen LogP contribution in [0.25, 0.3) is 0 Å². The van der Waals surface area contributed by atoms with Gasteiger partial charge in [0.1, 0.15) is 0 Å². The van der Waals surface area contributed by atoms with Gasteiger partial charge >= 0.3 is 0 Å². The first-order chi connectivity index (χ1) is 6.66. The van der Waals surface area contributed by atoms with Crippen LogP contribution in [0.1, 0.15) is 23.7 Å².